The summed E-state index contributed by atoms with van der Waals surface area (Å²) in [6.07, 6.45) is 4.41. The first-order valence-electron chi connectivity index (χ1n) is 10.2. The molecular formula is C22H31N3OS. The Bertz CT molecular complexity index is 827. The fourth-order valence-electron chi connectivity index (χ4n) is 3.83. The molecule has 5 heteroatoms. The maximum Gasteiger partial charge on any atom is 0.348 e. The molecular weight excluding hydrogens is 354 g/mol. The van der Waals surface area contributed by atoms with Crippen molar-refractivity contribution in [3.8, 4) is 0 Å². The molecule has 1 aliphatic carbocycles. The summed E-state index contributed by atoms with van der Waals surface area (Å²) in [6, 6.07) is 8.58. The van der Waals surface area contributed by atoms with Gasteiger partial charge in [-0.05, 0) is 51.3 Å². The molecule has 0 bridgehead atoms. The Morgan fingerprint density at radius 3 is 2.70 bits per heavy atom. The van der Waals surface area contributed by atoms with Crippen molar-refractivity contribution in [2.24, 2.45) is 0 Å². The summed E-state index contributed by atoms with van der Waals surface area (Å²) in [6.45, 7) is 10.2. The molecule has 4 nitrogen and oxygen atoms in total. The molecule has 0 N–H and O–H groups in total. The van der Waals surface area contributed by atoms with Gasteiger partial charge >= 0.3 is 5.69 Å². The van der Waals surface area contributed by atoms with E-state index in [-0.39, 0.29) is 5.69 Å². The van der Waals surface area contributed by atoms with Gasteiger partial charge in [-0.25, -0.2) is 4.79 Å². The molecule has 1 aliphatic rings. The maximum atomic E-state index is 12.8. The zero-order valence-corrected chi connectivity index (χ0v) is 17.6. The van der Waals surface area contributed by atoms with Crippen LogP contribution in [0, 0.1) is 6.92 Å². The van der Waals surface area contributed by atoms with Crippen LogP contribution in [0.25, 0.3) is 0 Å². The number of hydrogen-bond acceptors (Lipinski definition) is 4. The van der Waals surface area contributed by atoms with Gasteiger partial charge in [0.15, 0.2) is 0 Å². The average Bonchev–Trinajstić information content (AvgIpc) is 2.68. The molecule has 27 heavy (non-hydrogen) atoms. The summed E-state index contributed by atoms with van der Waals surface area (Å²) in [4.78, 5) is 19.7. The number of aryl methyl sites for hydroxylation is 1. The maximum absolute atomic E-state index is 12.8. The van der Waals surface area contributed by atoms with E-state index in [1.807, 2.05) is 4.57 Å². The fourth-order valence-corrected chi connectivity index (χ4v) is 4.85. The summed E-state index contributed by atoms with van der Waals surface area (Å²) in [7, 11) is 0. The van der Waals surface area contributed by atoms with Crippen LogP contribution in [-0.4, -0.2) is 34.1 Å². The number of hydrogen-bond donors (Lipinski definition) is 0. The summed E-state index contributed by atoms with van der Waals surface area (Å²) in [5.74, 6) is 0.865. The van der Waals surface area contributed by atoms with E-state index in [9.17, 15) is 4.79 Å². The number of fused-ring (bicyclic) bond motifs is 1. The number of nitrogens with zero attached hydrogens (tertiary/aromatic N) is 3. The Kier molecular flexibility index (Phi) is 7.13. The number of aromatic nitrogens is 2. The van der Waals surface area contributed by atoms with Gasteiger partial charge in [-0.2, -0.15) is 4.98 Å². The van der Waals surface area contributed by atoms with E-state index in [2.05, 4.69) is 54.9 Å². The van der Waals surface area contributed by atoms with E-state index in [1.165, 1.54) is 35.2 Å². The Hall–Kier alpha value is -1.59. The normalized spacial score (nSPS) is 13.8. The zero-order chi connectivity index (χ0) is 19.2. The van der Waals surface area contributed by atoms with Crippen molar-refractivity contribution in [2.45, 2.75) is 63.8 Å². The SMILES string of the molecule is CCN(CC)CCn1c2c(c(SCc3cccc(C)c3)nc1=O)CCCC2. The van der Waals surface area contributed by atoms with Crippen LogP contribution in [0.5, 0.6) is 0 Å². The molecule has 0 atom stereocenters. The molecule has 0 unspecified atom stereocenters. The molecule has 0 amide bonds. The molecule has 1 heterocycles. The predicted molar refractivity (Wildman–Crippen MR) is 114 cm³/mol. The Labute approximate surface area is 167 Å². The van der Waals surface area contributed by atoms with Gasteiger partial charge in [-0.15, -0.1) is 11.8 Å². The van der Waals surface area contributed by atoms with Crippen LogP contribution in [0.3, 0.4) is 0 Å². The topological polar surface area (TPSA) is 38.1 Å². The Morgan fingerprint density at radius 1 is 1.19 bits per heavy atom. The van der Waals surface area contributed by atoms with Gasteiger partial charge in [-0.1, -0.05) is 43.7 Å². The third-order valence-corrected chi connectivity index (χ3v) is 6.53. The first-order valence-corrected chi connectivity index (χ1v) is 11.1. The van der Waals surface area contributed by atoms with Crippen LogP contribution in [0.1, 0.15) is 49.1 Å². The molecule has 0 saturated carbocycles. The lowest BCUT2D eigenvalue weighted by molar-refractivity contribution is 0.285. The highest BCUT2D eigenvalue weighted by molar-refractivity contribution is 7.98. The summed E-state index contributed by atoms with van der Waals surface area (Å²) in [5, 5.41) is 0.954. The second-order valence-electron chi connectivity index (χ2n) is 7.29. The van der Waals surface area contributed by atoms with E-state index in [4.69, 9.17) is 0 Å². The zero-order valence-electron chi connectivity index (χ0n) is 16.8. The number of rotatable bonds is 8. The van der Waals surface area contributed by atoms with Crippen LogP contribution >= 0.6 is 11.8 Å². The number of likely N-dealkylation sites (N-methyl/N-ethyl adjacent to an activating group) is 1. The lowest BCUT2D eigenvalue weighted by atomic mass is 9.97. The van der Waals surface area contributed by atoms with E-state index >= 15 is 0 Å². The summed E-state index contributed by atoms with van der Waals surface area (Å²) < 4.78 is 1.95. The molecule has 1 aromatic heterocycles. The van der Waals surface area contributed by atoms with E-state index in [0.717, 1.165) is 49.8 Å². The molecule has 2 aromatic rings. The van der Waals surface area contributed by atoms with Crippen LogP contribution in [0.2, 0.25) is 0 Å². The van der Waals surface area contributed by atoms with E-state index in [0.29, 0.717) is 0 Å². The van der Waals surface area contributed by atoms with Crippen molar-refractivity contribution in [1.29, 1.82) is 0 Å². The van der Waals surface area contributed by atoms with Gasteiger partial charge in [0.25, 0.3) is 0 Å². The van der Waals surface area contributed by atoms with Crippen LogP contribution in [0.4, 0.5) is 0 Å². The highest BCUT2D eigenvalue weighted by atomic mass is 32.2. The lowest BCUT2D eigenvalue weighted by Gasteiger charge is -2.25. The van der Waals surface area contributed by atoms with E-state index < -0.39 is 0 Å². The van der Waals surface area contributed by atoms with Crippen molar-refractivity contribution >= 4 is 11.8 Å². The Morgan fingerprint density at radius 2 is 1.96 bits per heavy atom. The molecule has 0 saturated heterocycles. The smallest absolute Gasteiger partial charge is 0.302 e. The average molecular weight is 386 g/mol. The van der Waals surface area contributed by atoms with Crippen LogP contribution in [0.15, 0.2) is 34.1 Å². The van der Waals surface area contributed by atoms with Crippen molar-refractivity contribution in [1.82, 2.24) is 14.5 Å². The monoisotopic (exact) mass is 385 g/mol. The molecule has 146 valence electrons. The van der Waals surface area contributed by atoms with Gasteiger partial charge in [0, 0.05) is 30.1 Å². The lowest BCUT2D eigenvalue weighted by Crippen LogP contribution is -2.35. The van der Waals surface area contributed by atoms with Crippen LogP contribution < -0.4 is 5.69 Å². The van der Waals surface area contributed by atoms with Crippen molar-refractivity contribution in [2.75, 3.05) is 19.6 Å². The molecule has 0 aliphatic heterocycles. The second kappa shape index (κ2) is 9.56. The second-order valence-corrected chi connectivity index (χ2v) is 8.25. The number of thioether (sulfide) groups is 1. The first kappa shape index (κ1) is 20.2. The molecule has 0 spiro atoms. The first-order chi connectivity index (χ1) is 13.1. The van der Waals surface area contributed by atoms with Crippen LogP contribution in [-0.2, 0) is 25.1 Å². The van der Waals surface area contributed by atoms with Crippen molar-refractivity contribution < 1.29 is 0 Å². The minimum Gasteiger partial charge on any atom is -0.302 e. The van der Waals surface area contributed by atoms with Gasteiger partial charge in [-0.3, -0.25) is 4.57 Å². The largest absolute Gasteiger partial charge is 0.348 e. The predicted octanol–water partition coefficient (Wildman–Crippen LogP) is 4.06. The van der Waals surface area contributed by atoms with Gasteiger partial charge in [0.1, 0.15) is 5.03 Å². The van der Waals surface area contributed by atoms with Crippen molar-refractivity contribution in [3.63, 3.8) is 0 Å². The fraction of sp³-hybridized carbons (Fsp3) is 0.545. The van der Waals surface area contributed by atoms with Gasteiger partial charge in [0.05, 0.1) is 0 Å². The van der Waals surface area contributed by atoms with Crippen molar-refractivity contribution in [3.05, 3.63) is 57.1 Å². The Balaban J connectivity index is 1.83. The highest BCUT2D eigenvalue weighted by Crippen LogP contribution is 2.30. The number of benzene rings is 1. The standard InChI is InChI=1S/C22H31N3OS/c1-4-24(5-2)13-14-25-20-12-7-6-11-19(20)21(23-22(25)26)27-16-18-10-8-9-17(3)15-18/h8-10,15H,4-7,11-14,16H2,1-3H3. The van der Waals surface area contributed by atoms with E-state index in [1.54, 1.807) is 11.8 Å². The summed E-state index contributed by atoms with van der Waals surface area (Å²) in [5.41, 5.74) is 5.04. The minimum atomic E-state index is -0.0745. The summed E-state index contributed by atoms with van der Waals surface area (Å²) >= 11 is 1.72. The third-order valence-electron chi connectivity index (χ3n) is 5.44. The molecule has 1 aromatic carbocycles. The quantitative estimate of drug-likeness (QED) is 0.507. The molecule has 0 fully saturated rings. The highest BCUT2D eigenvalue weighted by Gasteiger charge is 2.20. The van der Waals surface area contributed by atoms with Gasteiger partial charge < -0.3 is 4.90 Å². The third kappa shape index (κ3) is 5.02. The van der Waals surface area contributed by atoms with Gasteiger partial charge in [0.2, 0.25) is 0 Å². The molecule has 3 rings (SSSR count). The minimum absolute atomic E-state index is 0.0745. The molecule has 0 radical (unpaired) electrons.